The fourth-order valence-corrected chi connectivity index (χ4v) is 1.84. The lowest BCUT2D eigenvalue weighted by molar-refractivity contribution is 0.484. The van der Waals surface area contributed by atoms with Gasteiger partial charge < -0.3 is 15.1 Å². The predicted molar refractivity (Wildman–Crippen MR) is 74.1 cm³/mol. The summed E-state index contributed by atoms with van der Waals surface area (Å²) in [5.41, 5.74) is 0.713. The van der Waals surface area contributed by atoms with E-state index in [2.05, 4.69) is 36.8 Å². The Balaban J connectivity index is 2.08. The molecule has 96 valence electrons. The van der Waals surface area contributed by atoms with Gasteiger partial charge in [-0.2, -0.15) is 0 Å². The molecule has 0 aliphatic heterocycles. The van der Waals surface area contributed by atoms with E-state index >= 15 is 0 Å². The van der Waals surface area contributed by atoms with Gasteiger partial charge in [-0.15, -0.1) is 5.10 Å². The maximum atomic E-state index is 6.05. The first-order valence-electron chi connectivity index (χ1n) is 5.44. The molecule has 0 bridgehead atoms. The highest BCUT2D eigenvalue weighted by Crippen LogP contribution is 2.28. The summed E-state index contributed by atoms with van der Waals surface area (Å²) in [6.07, 6.45) is 0. The lowest BCUT2D eigenvalue weighted by atomic mass is 10.3. The minimum atomic E-state index is 0.322. The molecule has 2 rings (SSSR count). The van der Waals surface area contributed by atoms with Gasteiger partial charge in [-0.1, -0.05) is 39.6 Å². The molecule has 0 aliphatic carbocycles. The molecule has 1 aromatic heterocycles. The summed E-state index contributed by atoms with van der Waals surface area (Å²) in [7, 11) is 0. The van der Waals surface area contributed by atoms with E-state index in [4.69, 9.17) is 16.0 Å². The first-order valence-corrected chi connectivity index (χ1v) is 6.61. The maximum absolute atomic E-state index is 6.05. The third-order valence-electron chi connectivity index (χ3n) is 2.16. The van der Waals surface area contributed by atoms with E-state index in [1.54, 1.807) is 6.07 Å². The monoisotopic (exact) mass is 330 g/mol. The number of rotatable bonds is 5. The van der Waals surface area contributed by atoms with Gasteiger partial charge in [-0.25, -0.2) is 0 Å². The molecular formula is C11H12BrClN4O. The zero-order chi connectivity index (χ0) is 13.0. The summed E-state index contributed by atoms with van der Waals surface area (Å²) < 4.78 is 6.33. The van der Waals surface area contributed by atoms with Gasteiger partial charge in [0.2, 0.25) is 5.89 Å². The number of anilines is 2. The van der Waals surface area contributed by atoms with Crippen LogP contribution in [0.15, 0.2) is 27.1 Å². The molecule has 0 fully saturated rings. The Kier molecular flexibility index (Phi) is 4.57. The highest BCUT2D eigenvalue weighted by Gasteiger charge is 2.08. The maximum Gasteiger partial charge on any atom is 0.320 e. The molecule has 0 aliphatic rings. The van der Waals surface area contributed by atoms with Crippen LogP contribution in [-0.4, -0.2) is 16.7 Å². The Labute approximate surface area is 118 Å². The number of halogens is 2. The standard InChI is InChI=1S/C11H12BrClN4O/c1-2-14-6-10-16-17-11(18-10)15-9-5-7(12)3-4-8(9)13/h3-5,14H,2,6H2,1H3,(H,15,17). The Hall–Kier alpha value is -1.11. The lowest BCUT2D eigenvalue weighted by Gasteiger charge is -2.04. The van der Waals surface area contributed by atoms with Crippen molar-refractivity contribution in [2.24, 2.45) is 0 Å². The van der Waals surface area contributed by atoms with Gasteiger partial charge in [0.25, 0.3) is 0 Å². The van der Waals surface area contributed by atoms with Gasteiger partial charge in [0.15, 0.2) is 0 Å². The average molecular weight is 332 g/mol. The van der Waals surface area contributed by atoms with E-state index in [0.29, 0.717) is 29.2 Å². The summed E-state index contributed by atoms with van der Waals surface area (Å²) >= 11 is 9.42. The summed E-state index contributed by atoms with van der Waals surface area (Å²) in [6, 6.07) is 5.81. The fraction of sp³-hybridized carbons (Fsp3) is 0.273. The SMILES string of the molecule is CCNCc1nnc(Nc2cc(Br)ccc2Cl)o1. The number of benzene rings is 1. The second-order valence-corrected chi connectivity index (χ2v) is 4.85. The Bertz CT molecular complexity index is 532. The topological polar surface area (TPSA) is 63.0 Å². The number of hydrogen-bond donors (Lipinski definition) is 2. The highest BCUT2D eigenvalue weighted by atomic mass is 79.9. The zero-order valence-electron chi connectivity index (χ0n) is 9.70. The first-order chi connectivity index (χ1) is 8.69. The summed E-state index contributed by atoms with van der Waals surface area (Å²) in [4.78, 5) is 0. The molecule has 1 heterocycles. The van der Waals surface area contributed by atoms with Crippen molar-refractivity contribution in [1.29, 1.82) is 0 Å². The second-order valence-electron chi connectivity index (χ2n) is 3.53. The van der Waals surface area contributed by atoms with Crippen molar-refractivity contribution in [2.75, 3.05) is 11.9 Å². The van der Waals surface area contributed by atoms with Gasteiger partial charge >= 0.3 is 6.01 Å². The van der Waals surface area contributed by atoms with Crippen molar-refractivity contribution in [3.8, 4) is 0 Å². The van der Waals surface area contributed by atoms with Crippen LogP contribution < -0.4 is 10.6 Å². The minimum Gasteiger partial charge on any atom is -0.406 e. The van der Waals surface area contributed by atoms with Crippen LogP contribution in [0.3, 0.4) is 0 Å². The molecule has 2 aromatic rings. The van der Waals surface area contributed by atoms with Crippen LogP contribution in [0.4, 0.5) is 11.7 Å². The molecule has 5 nitrogen and oxygen atoms in total. The van der Waals surface area contributed by atoms with Gasteiger partial charge in [-0.3, -0.25) is 0 Å². The number of nitrogens with one attached hydrogen (secondary N) is 2. The Morgan fingerprint density at radius 1 is 1.39 bits per heavy atom. The van der Waals surface area contributed by atoms with Crippen molar-refractivity contribution in [3.05, 3.63) is 33.6 Å². The number of aromatic nitrogens is 2. The molecule has 0 unspecified atom stereocenters. The smallest absolute Gasteiger partial charge is 0.320 e. The second kappa shape index (κ2) is 6.17. The van der Waals surface area contributed by atoms with E-state index in [1.807, 2.05) is 19.1 Å². The van der Waals surface area contributed by atoms with Crippen molar-refractivity contribution in [3.63, 3.8) is 0 Å². The van der Waals surface area contributed by atoms with Crippen LogP contribution in [0, 0.1) is 0 Å². The van der Waals surface area contributed by atoms with Gasteiger partial charge in [0.05, 0.1) is 17.3 Å². The van der Waals surface area contributed by atoms with E-state index in [1.165, 1.54) is 0 Å². The van der Waals surface area contributed by atoms with Crippen molar-refractivity contribution in [1.82, 2.24) is 15.5 Å². The quantitative estimate of drug-likeness (QED) is 0.880. The van der Waals surface area contributed by atoms with Gasteiger partial charge in [-0.05, 0) is 24.7 Å². The Morgan fingerprint density at radius 3 is 3.00 bits per heavy atom. The van der Waals surface area contributed by atoms with Crippen molar-refractivity contribution < 1.29 is 4.42 Å². The molecule has 0 saturated carbocycles. The van der Waals surface area contributed by atoms with E-state index < -0.39 is 0 Å². The minimum absolute atomic E-state index is 0.322. The molecular weight excluding hydrogens is 320 g/mol. The number of nitrogens with zero attached hydrogens (tertiary/aromatic N) is 2. The molecule has 0 spiro atoms. The largest absolute Gasteiger partial charge is 0.406 e. The summed E-state index contributed by atoms with van der Waals surface area (Å²) in [6.45, 7) is 3.41. The Morgan fingerprint density at radius 2 is 2.22 bits per heavy atom. The van der Waals surface area contributed by atoms with Gasteiger partial charge in [0.1, 0.15) is 0 Å². The van der Waals surface area contributed by atoms with Crippen LogP contribution in [0.5, 0.6) is 0 Å². The molecule has 18 heavy (non-hydrogen) atoms. The lowest BCUT2D eigenvalue weighted by Crippen LogP contribution is -2.11. The third-order valence-corrected chi connectivity index (χ3v) is 2.99. The van der Waals surface area contributed by atoms with Crippen LogP contribution >= 0.6 is 27.5 Å². The molecule has 0 atom stereocenters. The number of hydrogen-bond acceptors (Lipinski definition) is 5. The normalized spacial score (nSPS) is 10.6. The summed E-state index contributed by atoms with van der Waals surface area (Å²) in [5, 5.41) is 14.5. The summed E-state index contributed by atoms with van der Waals surface area (Å²) in [5.74, 6) is 0.533. The zero-order valence-corrected chi connectivity index (χ0v) is 12.0. The first kappa shape index (κ1) is 13.3. The van der Waals surface area contributed by atoms with E-state index in [0.717, 1.165) is 11.0 Å². The molecule has 0 amide bonds. The van der Waals surface area contributed by atoms with Crippen LogP contribution in [-0.2, 0) is 6.54 Å². The van der Waals surface area contributed by atoms with Crippen molar-refractivity contribution in [2.45, 2.75) is 13.5 Å². The van der Waals surface area contributed by atoms with Crippen LogP contribution in [0.1, 0.15) is 12.8 Å². The average Bonchev–Trinajstić information content (AvgIpc) is 2.79. The third kappa shape index (κ3) is 3.44. The molecule has 0 saturated heterocycles. The van der Waals surface area contributed by atoms with E-state index in [-0.39, 0.29) is 0 Å². The molecule has 7 heteroatoms. The predicted octanol–water partition coefficient (Wildman–Crippen LogP) is 3.34. The molecule has 0 radical (unpaired) electrons. The molecule has 2 N–H and O–H groups in total. The molecule has 1 aromatic carbocycles. The van der Waals surface area contributed by atoms with Crippen molar-refractivity contribution >= 4 is 39.2 Å². The van der Waals surface area contributed by atoms with Crippen LogP contribution in [0.25, 0.3) is 0 Å². The fourth-order valence-electron chi connectivity index (χ4n) is 1.32. The van der Waals surface area contributed by atoms with Crippen LogP contribution in [0.2, 0.25) is 5.02 Å². The van der Waals surface area contributed by atoms with Gasteiger partial charge in [0, 0.05) is 4.47 Å². The highest BCUT2D eigenvalue weighted by molar-refractivity contribution is 9.10. The van der Waals surface area contributed by atoms with E-state index in [9.17, 15) is 0 Å².